The third-order valence-electron chi connectivity index (χ3n) is 3.94. The van der Waals surface area contributed by atoms with Gasteiger partial charge in [0, 0.05) is 18.2 Å². The van der Waals surface area contributed by atoms with Crippen LogP contribution in [0.4, 0.5) is 5.82 Å². The van der Waals surface area contributed by atoms with Gasteiger partial charge in [-0.05, 0) is 44.2 Å². The van der Waals surface area contributed by atoms with Gasteiger partial charge in [0.25, 0.3) is 0 Å². The van der Waals surface area contributed by atoms with Crippen LogP contribution in [0, 0.1) is 6.92 Å². The highest BCUT2D eigenvalue weighted by Crippen LogP contribution is 2.47. The van der Waals surface area contributed by atoms with E-state index < -0.39 is 0 Å². The van der Waals surface area contributed by atoms with Gasteiger partial charge in [-0.3, -0.25) is 9.69 Å². The van der Waals surface area contributed by atoms with Crippen molar-refractivity contribution in [2.45, 2.75) is 44.6 Å². The molecule has 3 nitrogen and oxygen atoms in total. The molecule has 3 heteroatoms. The van der Waals surface area contributed by atoms with Crippen molar-refractivity contribution in [1.29, 1.82) is 0 Å². The summed E-state index contributed by atoms with van der Waals surface area (Å²) in [4.78, 5) is 18.3. The van der Waals surface area contributed by atoms with Crippen molar-refractivity contribution in [3.8, 4) is 0 Å². The third-order valence-corrected chi connectivity index (χ3v) is 3.94. The Morgan fingerprint density at radius 3 is 2.69 bits per heavy atom. The SMILES string of the molecule is Cc1ccc(N2C(=O)CCC23CCC3)nc1. The van der Waals surface area contributed by atoms with E-state index in [-0.39, 0.29) is 11.4 Å². The fraction of sp³-hybridized carbons (Fsp3) is 0.538. The largest absolute Gasteiger partial charge is 0.291 e. The fourth-order valence-electron chi connectivity index (χ4n) is 2.85. The quantitative estimate of drug-likeness (QED) is 0.722. The summed E-state index contributed by atoms with van der Waals surface area (Å²) in [5.74, 6) is 1.09. The molecule has 2 fully saturated rings. The van der Waals surface area contributed by atoms with Gasteiger partial charge in [-0.25, -0.2) is 4.98 Å². The van der Waals surface area contributed by atoms with Crippen molar-refractivity contribution in [1.82, 2.24) is 4.98 Å². The minimum Gasteiger partial charge on any atom is -0.291 e. The van der Waals surface area contributed by atoms with Crippen LogP contribution < -0.4 is 4.90 Å². The maximum Gasteiger partial charge on any atom is 0.228 e. The van der Waals surface area contributed by atoms with Gasteiger partial charge in [0.2, 0.25) is 5.91 Å². The highest BCUT2D eigenvalue weighted by Gasteiger charge is 2.50. The second kappa shape index (κ2) is 3.30. The monoisotopic (exact) mass is 216 g/mol. The zero-order chi connectivity index (χ0) is 11.2. The highest BCUT2D eigenvalue weighted by atomic mass is 16.2. The number of hydrogen-bond acceptors (Lipinski definition) is 2. The van der Waals surface area contributed by atoms with Crippen LogP contribution in [0.1, 0.15) is 37.7 Å². The second-order valence-corrected chi connectivity index (χ2v) is 5.00. The van der Waals surface area contributed by atoms with E-state index >= 15 is 0 Å². The molecule has 0 atom stereocenters. The van der Waals surface area contributed by atoms with Crippen molar-refractivity contribution < 1.29 is 4.79 Å². The maximum absolute atomic E-state index is 12.0. The molecule has 1 aromatic heterocycles. The number of rotatable bonds is 1. The Kier molecular flexibility index (Phi) is 2.03. The first-order valence-corrected chi connectivity index (χ1v) is 5.97. The van der Waals surface area contributed by atoms with Crippen LogP contribution in [-0.4, -0.2) is 16.4 Å². The van der Waals surface area contributed by atoms with Crippen molar-refractivity contribution in [2.24, 2.45) is 0 Å². The Morgan fingerprint density at radius 2 is 2.12 bits per heavy atom. The first-order valence-electron chi connectivity index (χ1n) is 5.97. The van der Waals surface area contributed by atoms with Crippen LogP contribution in [0.25, 0.3) is 0 Å². The van der Waals surface area contributed by atoms with E-state index in [0.717, 1.165) is 30.6 Å². The summed E-state index contributed by atoms with van der Waals surface area (Å²) in [5.41, 5.74) is 1.26. The molecule has 1 aliphatic carbocycles. The molecule has 1 saturated heterocycles. The van der Waals surface area contributed by atoms with Crippen molar-refractivity contribution in [2.75, 3.05) is 4.90 Å². The molecule has 1 spiro atoms. The molecule has 16 heavy (non-hydrogen) atoms. The van der Waals surface area contributed by atoms with Gasteiger partial charge in [-0.1, -0.05) is 6.07 Å². The summed E-state index contributed by atoms with van der Waals surface area (Å²) < 4.78 is 0. The molecular weight excluding hydrogens is 200 g/mol. The molecule has 3 rings (SSSR count). The predicted molar refractivity (Wildman–Crippen MR) is 62.3 cm³/mol. The summed E-state index contributed by atoms with van der Waals surface area (Å²) in [6, 6.07) is 4.00. The molecule has 0 radical (unpaired) electrons. The molecule has 1 aliphatic heterocycles. The van der Waals surface area contributed by atoms with Gasteiger partial charge >= 0.3 is 0 Å². The summed E-state index contributed by atoms with van der Waals surface area (Å²) >= 11 is 0. The Balaban J connectivity index is 1.97. The summed E-state index contributed by atoms with van der Waals surface area (Å²) in [7, 11) is 0. The molecule has 1 amide bonds. The van der Waals surface area contributed by atoms with E-state index in [2.05, 4.69) is 4.98 Å². The number of pyridine rings is 1. The Bertz CT molecular complexity index is 420. The van der Waals surface area contributed by atoms with Gasteiger partial charge in [0.05, 0.1) is 0 Å². The van der Waals surface area contributed by atoms with Crippen LogP contribution in [-0.2, 0) is 4.79 Å². The number of aromatic nitrogens is 1. The zero-order valence-corrected chi connectivity index (χ0v) is 9.57. The van der Waals surface area contributed by atoms with Gasteiger partial charge in [-0.2, -0.15) is 0 Å². The van der Waals surface area contributed by atoms with E-state index in [4.69, 9.17) is 0 Å². The van der Waals surface area contributed by atoms with Crippen LogP contribution in [0.2, 0.25) is 0 Å². The normalized spacial score (nSPS) is 22.6. The zero-order valence-electron chi connectivity index (χ0n) is 9.57. The maximum atomic E-state index is 12.0. The molecule has 0 N–H and O–H groups in total. The summed E-state index contributed by atoms with van der Waals surface area (Å²) in [5, 5.41) is 0. The third kappa shape index (κ3) is 1.27. The van der Waals surface area contributed by atoms with E-state index in [1.54, 1.807) is 0 Å². The van der Waals surface area contributed by atoms with Gasteiger partial charge in [-0.15, -0.1) is 0 Å². The van der Waals surface area contributed by atoms with Crippen LogP contribution in [0.5, 0.6) is 0 Å². The van der Waals surface area contributed by atoms with Crippen molar-refractivity contribution in [3.05, 3.63) is 23.9 Å². The molecular formula is C13H16N2O. The second-order valence-electron chi connectivity index (χ2n) is 5.00. The lowest BCUT2D eigenvalue weighted by molar-refractivity contribution is -0.117. The number of nitrogens with zero attached hydrogens (tertiary/aromatic N) is 2. The van der Waals surface area contributed by atoms with Crippen LogP contribution in [0.15, 0.2) is 18.3 Å². The molecule has 84 valence electrons. The molecule has 0 bridgehead atoms. The molecule has 2 heterocycles. The van der Waals surface area contributed by atoms with E-state index in [0.29, 0.717) is 6.42 Å². The average molecular weight is 216 g/mol. The van der Waals surface area contributed by atoms with Gasteiger partial charge in [0.1, 0.15) is 5.82 Å². The van der Waals surface area contributed by atoms with Crippen LogP contribution >= 0.6 is 0 Å². The van der Waals surface area contributed by atoms with Gasteiger partial charge < -0.3 is 0 Å². The lowest BCUT2D eigenvalue weighted by Gasteiger charge is -2.45. The van der Waals surface area contributed by atoms with E-state index in [1.807, 2.05) is 30.2 Å². The van der Waals surface area contributed by atoms with E-state index in [9.17, 15) is 4.79 Å². The number of carbonyl (C=O) groups excluding carboxylic acids is 1. The predicted octanol–water partition coefficient (Wildman–Crippen LogP) is 2.44. The Hall–Kier alpha value is -1.38. The molecule has 2 aliphatic rings. The smallest absolute Gasteiger partial charge is 0.228 e. The number of anilines is 1. The molecule has 1 aromatic rings. The van der Waals surface area contributed by atoms with Crippen molar-refractivity contribution >= 4 is 11.7 Å². The summed E-state index contributed by atoms with van der Waals surface area (Å²) in [6.07, 6.45) is 7.09. The number of hydrogen-bond donors (Lipinski definition) is 0. The Labute approximate surface area is 95.5 Å². The van der Waals surface area contributed by atoms with Crippen molar-refractivity contribution in [3.63, 3.8) is 0 Å². The fourth-order valence-corrected chi connectivity index (χ4v) is 2.85. The summed E-state index contributed by atoms with van der Waals surface area (Å²) in [6.45, 7) is 2.02. The highest BCUT2D eigenvalue weighted by molar-refractivity contribution is 5.96. The van der Waals surface area contributed by atoms with Crippen LogP contribution in [0.3, 0.4) is 0 Å². The number of carbonyl (C=O) groups is 1. The lowest BCUT2D eigenvalue weighted by Crippen LogP contribution is -2.51. The van der Waals surface area contributed by atoms with E-state index in [1.165, 1.54) is 6.42 Å². The minimum absolute atomic E-state index is 0.124. The molecule has 0 unspecified atom stereocenters. The first kappa shape index (κ1) is 9.82. The average Bonchev–Trinajstić information content (AvgIpc) is 2.57. The molecule has 1 saturated carbocycles. The lowest BCUT2D eigenvalue weighted by atomic mass is 9.75. The van der Waals surface area contributed by atoms with Gasteiger partial charge in [0.15, 0.2) is 0 Å². The Morgan fingerprint density at radius 1 is 1.31 bits per heavy atom. The standard InChI is InChI=1S/C13H16N2O/c1-10-3-4-11(14-9-10)15-12(16)5-8-13(15)6-2-7-13/h3-4,9H,2,5-8H2,1H3. The number of amides is 1. The first-order chi connectivity index (χ1) is 7.71. The number of aryl methyl sites for hydroxylation is 1. The topological polar surface area (TPSA) is 33.2 Å². The molecule has 0 aromatic carbocycles. The minimum atomic E-state index is 0.124.